The van der Waals surface area contributed by atoms with E-state index in [4.69, 9.17) is 19.2 Å². The van der Waals surface area contributed by atoms with Gasteiger partial charge in [0.1, 0.15) is 23.1 Å². The molecular formula is C28H31N3O4. The quantitative estimate of drug-likeness (QED) is 0.295. The largest absolute Gasteiger partial charge is 0.497 e. The van der Waals surface area contributed by atoms with Crippen LogP contribution in [-0.4, -0.2) is 36.3 Å². The van der Waals surface area contributed by atoms with Crippen molar-refractivity contribution in [3.05, 3.63) is 84.2 Å². The van der Waals surface area contributed by atoms with Crippen LogP contribution >= 0.6 is 0 Å². The number of nitrogens with zero attached hydrogens (tertiary/aromatic N) is 2. The standard InChI is InChI=1S/C28H31N3O4/c1-20(29-28(32)23-13-4-7-16-26(23)34-3)27-30-24-14-5-6-15-25(24)31(27)17-8-9-18-35-22-12-10-11-21(19-22)33-2/h4-7,10-16,19-20H,8-9,17-18H2,1-3H3,(H,29,32). The maximum absolute atomic E-state index is 13.0. The Morgan fingerprint density at radius 3 is 2.54 bits per heavy atom. The zero-order chi connectivity index (χ0) is 24.6. The van der Waals surface area contributed by atoms with E-state index in [0.717, 1.165) is 47.7 Å². The molecule has 0 spiro atoms. The third-order valence-electron chi connectivity index (χ3n) is 5.86. The predicted molar refractivity (Wildman–Crippen MR) is 136 cm³/mol. The van der Waals surface area contributed by atoms with Crippen LogP contribution in [0.1, 0.15) is 42.0 Å². The molecule has 0 aliphatic carbocycles. The number of carbonyl (C=O) groups is 1. The van der Waals surface area contributed by atoms with Gasteiger partial charge in [0.05, 0.1) is 43.5 Å². The minimum absolute atomic E-state index is 0.194. The molecular weight excluding hydrogens is 442 g/mol. The number of aromatic nitrogens is 2. The van der Waals surface area contributed by atoms with E-state index in [9.17, 15) is 4.79 Å². The number of ether oxygens (including phenoxy) is 3. The summed E-state index contributed by atoms with van der Waals surface area (Å²) in [5.41, 5.74) is 2.46. The highest BCUT2D eigenvalue weighted by Crippen LogP contribution is 2.24. The molecule has 0 bridgehead atoms. The second-order valence-corrected chi connectivity index (χ2v) is 8.24. The highest BCUT2D eigenvalue weighted by molar-refractivity contribution is 5.97. The lowest BCUT2D eigenvalue weighted by molar-refractivity contribution is 0.0934. The van der Waals surface area contributed by atoms with Crippen LogP contribution < -0.4 is 19.5 Å². The average molecular weight is 474 g/mol. The third kappa shape index (κ3) is 5.74. The van der Waals surface area contributed by atoms with E-state index >= 15 is 0 Å². The summed E-state index contributed by atoms with van der Waals surface area (Å²) in [6.07, 6.45) is 1.79. The van der Waals surface area contributed by atoms with E-state index in [1.54, 1.807) is 26.4 Å². The number of fused-ring (bicyclic) bond motifs is 1. The van der Waals surface area contributed by atoms with Gasteiger partial charge < -0.3 is 24.1 Å². The minimum atomic E-state index is -0.284. The molecule has 35 heavy (non-hydrogen) atoms. The second-order valence-electron chi connectivity index (χ2n) is 8.24. The number of benzene rings is 3. The topological polar surface area (TPSA) is 74.6 Å². The second kappa shape index (κ2) is 11.4. The van der Waals surface area contributed by atoms with Gasteiger partial charge in [0.25, 0.3) is 5.91 Å². The van der Waals surface area contributed by atoms with Crippen molar-refractivity contribution < 1.29 is 19.0 Å². The van der Waals surface area contributed by atoms with Crippen LogP contribution in [0.15, 0.2) is 72.8 Å². The van der Waals surface area contributed by atoms with Gasteiger partial charge in [-0.3, -0.25) is 4.79 Å². The number of methoxy groups -OCH3 is 2. The van der Waals surface area contributed by atoms with Crippen molar-refractivity contribution in [2.45, 2.75) is 32.4 Å². The number of amides is 1. The van der Waals surface area contributed by atoms with Crippen LogP contribution in [-0.2, 0) is 6.54 Å². The highest BCUT2D eigenvalue weighted by atomic mass is 16.5. The molecule has 1 amide bonds. The molecule has 0 fully saturated rings. The van der Waals surface area contributed by atoms with Crippen molar-refractivity contribution in [1.82, 2.24) is 14.9 Å². The lowest BCUT2D eigenvalue weighted by Crippen LogP contribution is -2.29. The number of nitrogens with one attached hydrogen (secondary N) is 1. The lowest BCUT2D eigenvalue weighted by Gasteiger charge is -2.17. The Labute approximate surface area is 205 Å². The molecule has 7 heteroatoms. The Morgan fingerprint density at radius 2 is 1.71 bits per heavy atom. The van der Waals surface area contributed by atoms with Gasteiger partial charge in [-0.2, -0.15) is 0 Å². The molecule has 1 atom stereocenters. The molecule has 1 heterocycles. The number of carbonyl (C=O) groups excluding carboxylic acids is 1. The van der Waals surface area contributed by atoms with Crippen LogP contribution in [0.25, 0.3) is 11.0 Å². The Balaban J connectivity index is 1.43. The molecule has 1 unspecified atom stereocenters. The van der Waals surface area contributed by atoms with Crippen molar-refractivity contribution in [3.8, 4) is 17.2 Å². The summed E-state index contributed by atoms with van der Waals surface area (Å²) in [6.45, 7) is 3.33. The summed E-state index contributed by atoms with van der Waals surface area (Å²) in [7, 11) is 3.21. The monoisotopic (exact) mass is 473 g/mol. The van der Waals surface area contributed by atoms with Gasteiger partial charge >= 0.3 is 0 Å². The van der Waals surface area contributed by atoms with E-state index in [2.05, 4.69) is 16.0 Å². The van der Waals surface area contributed by atoms with Crippen molar-refractivity contribution in [1.29, 1.82) is 0 Å². The smallest absolute Gasteiger partial charge is 0.255 e. The van der Waals surface area contributed by atoms with Crippen LogP contribution in [0.3, 0.4) is 0 Å². The van der Waals surface area contributed by atoms with E-state index in [1.165, 1.54) is 0 Å². The zero-order valence-electron chi connectivity index (χ0n) is 20.4. The molecule has 4 aromatic rings. The summed E-state index contributed by atoms with van der Waals surface area (Å²) >= 11 is 0. The summed E-state index contributed by atoms with van der Waals surface area (Å²) in [4.78, 5) is 17.8. The number of rotatable bonds is 11. The van der Waals surface area contributed by atoms with Gasteiger partial charge in [-0.1, -0.05) is 30.3 Å². The zero-order valence-corrected chi connectivity index (χ0v) is 20.4. The third-order valence-corrected chi connectivity index (χ3v) is 5.86. The van der Waals surface area contributed by atoms with Crippen molar-refractivity contribution in [2.24, 2.45) is 0 Å². The number of imidazole rings is 1. The van der Waals surface area contributed by atoms with Crippen LogP contribution in [0.4, 0.5) is 0 Å². The Kier molecular flexibility index (Phi) is 7.88. The first-order valence-corrected chi connectivity index (χ1v) is 11.8. The van der Waals surface area contributed by atoms with Crippen LogP contribution in [0, 0.1) is 0 Å². The minimum Gasteiger partial charge on any atom is -0.497 e. The molecule has 0 aliphatic rings. The predicted octanol–water partition coefficient (Wildman–Crippen LogP) is 5.40. The summed E-state index contributed by atoms with van der Waals surface area (Å²) in [6, 6.07) is 22.6. The normalized spacial score (nSPS) is 11.7. The summed E-state index contributed by atoms with van der Waals surface area (Å²) < 4.78 is 18.7. The number of aryl methyl sites for hydroxylation is 1. The van der Waals surface area contributed by atoms with Gasteiger partial charge in [0.2, 0.25) is 0 Å². The first-order valence-electron chi connectivity index (χ1n) is 11.8. The summed E-state index contributed by atoms with van der Waals surface area (Å²) in [5.74, 6) is 2.75. The number of para-hydroxylation sites is 3. The number of hydrogen-bond donors (Lipinski definition) is 1. The fourth-order valence-electron chi connectivity index (χ4n) is 4.08. The van der Waals surface area contributed by atoms with Gasteiger partial charge in [-0.15, -0.1) is 0 Å². The molecule has 4 rings (SSSR count). The Morgan fingerprint density at radius 1 is 0.943 bits per heavy atom. The van der Waals surface area contributed by atoms with Crippen molar-refractivity contribution in [2.75, 3.05) is 20.8 Å². The van der Waals surface area contributed by atoms with Gasteiger partial charge in [0.15, 0.2) is 0 Å². The Bertz CT molecular complexity index is 1280. The summed E-state index contributed by atoms with van der Waals surface area (Å²) in [5, 5.41) is 3.08. The van der Waals surface area contributed by atoms with E-state index in [-0.39, 0.29) is 11.9 Å². The first kappa shape index (κ1) is 24.1. The number of hydrogen-bond acceptors (Lipinski definition) is 5. The van der Waals surface area contributed by atoms with Crippen LogP contribution in [0.2, 0.25) is 0 Å². The van der Waals surface area contributed by atoms with E-state index in [1.807, 2.05) is 61.5 Å². The van der Waals surface area contributed by atoms with Crippen molar-refractivity contribution in [3.63, 3.8) is 0 Å². The van der Waals surface area contributed by atoms with Gasteiger partial charge in [0, 0.05) is 12.6 Å². The molecule has 3 aromatic carbocycles. The van der Waals surface area contributed by atoms with Crippen LogP contribution in [0.5, 0.6) is 17.2 Å². The molecule has 0 saturated carbocycles. The molecule has 1 aromatic heterocycles. The Hall–Kier alpha value is -4.00. The SMILES string of the molecule is COc1cccc(OCCCCn2c(C(C)NC(=O)c3ccccc3OC)nc3ccccc32)c1. The number of unbranched alkanes of at least 4 members (excludes halogenated alkanes) is 1. The van der Waals surface area contributed by atoms with Gasteiger partial charge in [-0.25, -0.2) is 4.98 Å². The maximum atomic E-state index is 13.0. The maximum Gasteiger partial charge on any atom is 0.255 e. The molecule has 1 N–H and O–H groups in total. The molecule has 7 nitrogen and oxygen atoms in total. The molecule has 0 saturated heterocycles. The fraction of sp³-hybridized carbons (Fsp3) is 0.286. The first-order chi connectivity index (χ1) is 17.1. The lowest BCUT2D eigenvalue weighted by atomic mass is 10.1. The van der Waals surface area contributed by atoms with E-state index < -0.39 is 0 Å². The molecule has 0 aliphatic heterocycles. The average Bonchev–Trinajstić information content (AvgIpc) is 3.27. The molecule has 0 radical (unpaired) electrons. The fourth-order valence-corrected chi connectivity index (χ4v) is 4.08. The van der Waals surface area contributed by atoms with E-state index in [0.29, 0.717) is 17.9 Å². The molecule has 182 valence electrons. The van der Waals surface area contributed by atoms with Gasteiger partial charge in [-0.05, 0) is 56.2 Å². The highest BCUT2D eigenvalue weighted by Gasteiger charge is 2.20. The van der Waals surface area contributed by atoms with Crippen molar-refractivity contribution >= 4 is 16.9 Å².